The van der Waals surface area contributed by atoms with Crippen molar-refractivity contribution in [2.45, 2.75) is 36.7 Å². The molecule has 2 aromatic rings. The summed E-state index contributed by atoms with van der Waals surface area (Å²) in [6.45, 7) is 2.23. The molecule has 0 radical (unpaired) electrons. The summed E-state index contributed by atoms with van der Waals surface area (Å²) in [6.07, 6.45) is 1.17. The molecule has 1 aliphatic rings. The first-order valence-corrected chi connectivity index (χ1v) is 10.3. The predicted octanol–water partition coefficient (Wildman–Crippen LogP) is 3.37. The molecular formula is C19H21ClN2O3S. The van der Waals surface area contributed by atoms with E-state index in [-0.39, 0.29) is 16.8 Å². The fourth-order valence-corrected chi connectivity index (χ4v) is 4.95. The average Bonchev–Trinajstić information content (AvgIpc) is 3.13. The van der Waals surface area contributed by atoms with Gasteiger partial charge in [0.1, 0.15) is 6.04 Å². The molecule has 5 nitrogen and oxygen atoms in total. The van der Waals surface area contributed by atoms with Crippen molar-refractivity contribution in [1.29, 1.82) is 0 Å². The third-order valence-electron chi connectivity index (χ3n) is 4.58. The second-order valence-electron chi connectivity index (χ2n) is 6.37. The maximum atomic E-state index is 12.9. The molecule has 0 aromatic heterocycles. The van der Waals surface area contributed by atoms with Crippen LogP contribution < -0.4 is 5.32 Å². The second kappa shape index (κ2) is 7.78. The van der Waals surface area contributed by atoms with Crippen molar-refractivity contribution >= 4 is 27.5 Å². The van der Waals surface area contributed by atoms with Crippen LogP contribution in [0.3, 0.4) is 0 Å². The Kier molecular flexibility index (Phi) is 5.65. The van der Waals surface area contributed by atoms with Gasteiger partial charge < -0.3 is 5.32 Å². The van der Waals surface area contributed by atoms with Crippen molar-refractivity contribution in [3.63, 3.8) is 0 Å². The van der Waals surface area contributed by atoms with E-state index < -0.39 is 16.1 Å². The van der Waals surface area contributed by atoms with Gasteiger partial charge in [0.2, 0.25) is 15.9 Å². The highest BCUT2D eigenvalue weighted by molar-refractivity contribution is 7.89. The number of halogens is 1. The Hall–Kier alpha value is -1.89. The number of hydrogen-bond acceptors (Lipinski definition) is 3. The number of nitrogens with zero attached hydrogens (tertiary/aromatic N) is 1. The van der Waals surface area contributed by atoms with E-state index in [1.165, 1.54) is 28.6 Å². The van der Waals surface area contributed by atoms with Crippen molar-refractivity contribution in [3.8, 4) is 0 Å². The molecule has 0 spiro atoms. The standard InChI is InChI=1S/C19H21ClN2O3S/c1-14(15-6-3-2-4-7-15)21-19(23)18-8-5-13-22(18)26(24,25)17-11-9-16(20)10-12-17/h2-4,6-7,9-12,14,18H,5,8,13H2,1H3,(H,21,23)/t14-,18-/m0/s1. The number of amides is 1. The topological polar surface area (TPSA) is 66.5 Å². The van der Waals surface area contributed by atoms with Crippen LogP contribution in [-0.4, -0.2) is 31.2 Å². The van der Waals surface area contributed by atoms with E-state index in [1.54, 1.807) is 0 Å². The number of carbonyl (C=O) groups excluding carboxylic acids is 1. The molecule has 0 bridgehead atoms. The van der Waals surface area contributed by atoms with Gasteiger partial charge in [-0.25, -0.2) is 8.42 Å². The van der Waals surface area contributed by atoms with Crippen LogP contribution >= 0.6 is 11.6 Å². The Bertz CT molecular complexity index is 869. The minimum absolute atomic E-state index is 0.151. The van der Waals surface area contributed by atoms with Gasteiger partial charge in [-0.15, -0.1) is 0 Å². The van der Waals surface area contributed by atoms with Crippen LogP contribution in [0.1, 0.15) is 31.4 Å². The summed E-state index contributed by atoms with van der Waals surface area (Å²) < 4.78 is 27.1. The third-order valence-corrected chi connectivity index (χ3v) is 6.76. The van der Waals surface area contributed by atoms with E-state index in [0.29, 0.717) is 24.4 Å². The minimum atomic E-state index is -3.74. The van der Waals surface area contributed by atoms with E-state index in [0.717, 1.165) is 5.56 Å². The van der Waals surface area contributed by atoms with E-state index in [4.69, 9.17) is 11.6 Å². The zero-order chi connectivity index (χ0) is 18.7. The molecule has 1 fully saturated rings. The lowest BCUT2D eigenvalue weighted by Gasteiger charge is -2.25. The summed E-state index contributed by atoms with van der Waals surface area (Å²) in [5.41, 5.74) is 0.978. The molecule has 2 atom stereocenters. The van der Waals surface area contributed by atoms with E-state index >= 15 is 0 Å². The normalized spacial score (nSPS) is 19.2. The van der Waals surface area contributed by atoms with Gasteiger partial charge in [-0.05, 0) is 49.6 Å². The van der Waals surface area contributed by atoms with Gasteiger partial charge in [0.05, 0.1) is 10.9 Å². The number of nitrogens with one attached hydrogen (secondary N) is 1. The maximum Gasteiger partial charge on any atom is 0.243 e. The zero-order valence-electron chi connectivity index (χ0n) is 14.4. The minimum Gasteiger partial charge on any atom is -0.348 e. The predicted molar refractivity (Wildman–Crippen MR) is 101 cm³/mol. The molecule has 1 N–H and O–H groups in total. The Morgan fingerprint density at radius 3 is 2.46 bits per heavy atom. The molecule has 2 aromatic carbocycles. The zero-order valence-corrected chi connectivity index (χ0v) is 16.0. The van der Waals surface area contributed by atoms with E-state index in [1.807, 2.05) is 37.3 Å². The molecule has 26 heavy (non-hydrogen) atoms. The number of hydrogen-bond donors (Lipinski definition) is 1. The molecule has 7 heteroatoms. The van der Waals surface area contributed by atoms with Crippen LogP contribution in [0, 0.1) is 0 Å². The van der Waals surface area contributed by atoms with Crippen molar-refractivity contribution in [2.24, 2.45) is 0 Å². The smallest absolute Gasteiger partial charge is 0.243 e. The SMILES string of the molecule is C[C@H](NC(=O)[C@@H]1CCCN1S(=O)(=O)c1ccc(Cl)cc1)c1ccccc1. The lowest BCUT2D eigenvalue weighted by molar-refractivity contribution is -0.124. The Morgan fingerprint density at radius 1 is 1.15 bits per heavy atom. The largest absolute Gasteiger partial charge is 0.348 e. The highest BCUT2D eigenvalue weighted by Gasteiger charge is 2.39. The van der Waals surface area contributed by atoms with Gasteiger partial charge in [-0.3, -0.25) is 4.79 Å². The number of rotatable bonds is 5. The Balaban J connectivity index is 1.77. The molecule has 138 valence electrons. The molecule has 1 saturated heterocycles. The van der Waals surface area contributed by atoms with Gasteiger partial charge in [0.25, 0.3) is 0 Å². The monoisotopic (exact) mass is 392 g/mol. The second-order valence-corrected chi connectivity index (χ2v) is 8.70. The summed E-state index contributed by atoms with van der Waals surface area (Å²) in [7, 11) is -3.74. The van der Waals surface area contributed by atoms with Gasteiger partial charge >= 0.3 is 0 Å². The van der Waals surface area contributed by atoms with Crippen molar-refractivity contribution < 1.29 is 13.2 Å². The Morgan fingerprint density at radius 2 is 1.81 bits per heavy atom. The van der Waals surface area contributed by atoms with Gasteiger partial charge in [0.15, 0.2) is 0 Å². The van der Waals surface area contributed by atoms with Crippen LogP contribution in [0.5, 0.6) is 0 Å². The highest BCUT2D eigenvalue weighted by atomic mass is 35.5. The van der Waals surface area contributed by atoms with E-state index in [2.05, 4.69) is 5.32 Å². The van der Waals surface area contributed by atoms with Crippen LogP contribution in [-0.2, 0) is 14.8 Å². The summed E-state index contributed by atoms with van der Waals surface area (Å²) in [5, 5.41) is 3.40. The van der Waals surface area contributed by atoms with Crippen LogP contribution in [0.25, 0.3) is 0 Å². The highest BCUT2D eigenvalue weighted by Crippen LogP contribution is 2.27. The van der Waals surface area contributed by atoms with Gasteiger partial charge in [0, 0.05) is 11.6 Å². The lowest BCUT2D eigenvalue weighted by atomic mass is 10.1. The van der Waals surface area contributed by atoms with Crippen LogP contribution in [0.4, 0.5) is 0 Å². The van der Waals surface area contributed by atoms with Gasteiger partial charge in [-0.1, -0.05) is 41.9 Å². The third kappa shape index (κ3) is 3.92. The van der Waals surface area contributed by atoms with Crippen molar-refractivity contribution in [3.05, 3.63) is 65.2 Å². The quantitative estimate of drug-likeness (QED) is 0.848. The molecular weight excluding hydrogens is 372 g/mol. The number of benzene rings is 2. The molecule has 1 heterocycles. The molecule has 0 unspecified atom stereocenters. The molecule has 0 aliphatic carbocycles. The van der Waals surface area contributed by atoms with E-state index in [9.17, 15) is 13.2 Å². The lowest BCUT2D eigenvalue weighted by Crippen LogP contribution is -2.46. The fourth-order valence-electron chi connectivity index (χ4n) is 3.17. The molecule has 1 aliphatic heterocycles. The fraction of sp³-hybridized carbons (Fsp3) is 0.316. The van der Waals surface area contributed by atoms with Gasteiger partial charge in [-0.2, -0.15) is 4.31 Å². The van der Waals surface area contributed by atoms with Crippen molar-refractivity contribution in [1.82, 2.24) is 9.62 Å². The average molecular weight is 393 g/mol. The Labute approximate surface area is 159 Å². The summed E-state index contributed by atoms with van der Waals surface area (Å²) >= 11 is 5.84. The number of sulfonamides is 1. The first-order valence-electron chi connectivity index (χ1n) is 8.52. The number of carbonyl (C=O) groups is 1. The summed E-state index contributed by atoms with van der Waals surface area (Å²) in [4.78, 5) is 12.9. The first kappa shape index (κ1) is 18.9. The van der Waals surface area contributed by atoms with Crippen molar-refractivity contribution in [2.75, 3.05) is 6.54 Å². The summed E-state index contributed by atoms with van der Waals surface area (Å²) in [5.74, 6) is -0.267. The molecule has 3 rings (SSSR count). The van der Waals surface area contributed by atoms with Crippen LogP contribution in [0.2, 0.25) is 5.02 Å². The molecule has 0 saturated carbocycles. The van der Waals surface area contributed by atoms with Crippen LogP contribution in [0.15, 0.2) is 59.5 Å². The first-order chi connectivity index (χ1) is 12.4. The maximum absolute atomic E-state index is 12.9. The molecule has 1 amide bonds. The summed E-state index contributed by atoms with van der Waals surface area (Å²) in [6, 6.07) is 14.7.